The molecule has 27 heavy (non-hydrogen) atoms. The number of carbonyl (C=O) groups excluding carboxylic acids is 1. The van der Waals surface area contributed by atoms with Gasteiger partial charge >= 0.3 is 12.4 Å². The van der Waals surface area contributed by atoms with Crippen LogP contribution in [-0.4, -0.2) is 35.6 Å². The molecule has 4 nitrogen and oxygen atoms in total. The average Bonchev–Trinajstić information content (AvgIpc) is 2.51. The van der Waals surface area contributed by atoms with Crippen LogP contribution in [0.25, 0.3) is 0 Å². The summed E-state index contributed by atoms with van der Waals surface area (Å²) in [5.74, 6) is -2.39. The van der Waals surface area contributed by atoms with Crippen molar-refractivity contribution in [2.24, 2.45) is 5.92 Å². The lowest BCUT2D eigenvalue weighted by atomic mass is 9.86. The summed E-state index contributed by atoms with van der Waals surface area (Å²) in [4.78, 5) is 12.0. The van der Waals surface area contributed by atoms with E-state index >= 15 is 0 Å². The van der Waals surface area contributed by atoms with E-state index in [2.05, 4.69) is 10.1 Å². The first kappa shape index (κ1) is 23.1. The Hall–Kier alpha value is -1.97. The molecule has 0 fully saturated rings. The van der Waals surface area contributed by atoms with Crippen molar-refractivity contribution in [2.45, 2.75) is 51.2 Å². The average molecular weight is 401 g/mol. The van der Waals surface area contributed by atoms with Gasteiger partial charge in [0.15, 0.2) is 12.2 Å². The second-order valence-corrected chi connectivity index (χ2v) is 6.52. The van der Waals surface area contributed by atoms with Crippen molar-refractivity contribution in [2.75, 3.05) is 6.61 Å². The lowest BCUT2D eigenvalue weighted by Crippen LogP contribution is -2.52. The third-order valence-electron chi connectivity index (χ3n) is 4.01. The number of alkyl halides is 6. The van der Waals surface area contributed by atoms with E-state index in [1.54, 1.807) is 0 Å². The number of benzene rings is 1. The highest BCUT2D eigenvalue weighted by Gasteiger charge is 2.56. The van der Waals surface area contributed by atoms with Crippen molar-refractivity contribution in [1.29, 1.82) is 0 Å². The van der Waals surface area contributed by atoms with Crippen LogP contribution in [-0.2, 0) is 4.79 Å². The van der Waals surface area contributed by atoms with Gasteiger partial charge < -0.3 is 15.2 Å². The highest BCUT2D eigenvalue weighted by molar-refractivity contribution is 5.77. The molecular formula is C17H21F6NO3. The molecule has 2 unspecified atom stereocenters. The number of aliphatic hydroxyl groups is 1. The van der Waals surface area contributed by atoms with Crippen LogP contribution < -0.4 is 10.1 Å². The normalized spacial score (nSPS) is 16.0. The standard InChI is InChI=1S/C17H21F6NO3/c1-10(2)15(26,17(21,22)23)8-14(25)24-11(3)12-5-4-6-13(7-12)27-9-16(18,19)20/h4-7,10-11,26H,8-9H2,1-3H3,(H,24,25). The Morgan fingerprint density at radius 2 is 1.74 bits per heavy atom. The lowest BCUT2D eigenvalue weighted by Gasteiger charge is -2.33. The number of hydrogen-bond donors (Lipinski definition) is 2. The van der Waals surface area contributed by atoms with Crippen LogP contribution in [0.4, 0.5) is 26.3 Å². The summed E-state index contributed by atoms with van der Waals surface area (Å²) >= 11 is 0. The summed E-state index contributed by atoms with van der Waals surface area (Å²) < 4.78 is 80.4. The molecule has 1 rings (SSSR count). The zero-order valence-electron chi connectivity index (χ0n) is 14.9. The van der Waals surface area contributed by atoms with Gasteiger partial charge in [-0.25, -0.2) is 0 Å². The molecule has 0 aliphatic rings. The van der Waals surface area contributed by atoms with Gasteiger partial charge in [0, 0.05) is 0 Å². The number of ether oxygens (including phenoxy) is 1. The van der Waals surface area contributed by atoms with Gasteiger partial charge in [0.05, 0.1) is 12.5 Å². The Bertz CT molecular complexity index is 644. The number of amides is 1. The predicted molar refractivity (Wildman–Crippen MR) is 85.0 cm³/mol. The van der Waals surface area contributed by atoms with Gasteiger partial charge in [0.1, 0.15) is 5.75 Å². The molecule has 0 bridgehead atoms. The quantitative estimate of drug-likeness (QED) is 0.675. The first-order chi connectivity index (χ1) is 12.2. The Morgan fingerprint density at radius 1 is 1.15 bits per heavy atom. The van der Waals surface area contributed by atoms with Gasteiger partial charge in [0.2, 0.25) is 5.91 Å². The summed E-state index contributed by atoms with van der Waals surface area (Å²) in [5, 5.41) is 12.2. The Morgan fingerprint density at radius 3 is 2.22 bits per heavy atom. The van der Waals surface area contributed by atoms with Gasteiger partial charge in [-0.15, -0.1) is 0 Å². The number of halogens is 6. The topological polar surface area (TPSA) is 58.6 Å². The third kappa shape index (κ3) is 6.60. The summed E-state index contributed by atoms with van der Waals surface area (Å²) in [6.07, 6.45) is -10.7. The zero-order valence-corrected chi connectivity index (χ0v) is 14.9. The summed E-state index contributed by atoms with van der Waals surface area (Å²) in [7, 11) is 0. The lowest BCUT2D eigenvalue weighted by molar-refractivity contribution is -0.276. The molecule has 0 radical (unpaired) electrons. The van der Waals surface area contributed by atoms with Crippen LogP contribution in [0.15, 0.2) is 24.3 Å². The van der Waals surface area contributed by atoms with Crippen LogP contribution in [0, 0.1) is 5.92 Å². The molecule has 10 heteroatoms. The molecule has 0 saturated heterocycles. The van der Waals surface area contributed by atoms with Gasteiger partial charge in [-0.1, -0.05) is 26.0 Å². The minimum Gasteiger partial charge on any atom is -0.484 e. The Labute approximate surface area is 152 Å². The number of nitrogens with one attached hydrogen (secondary N) is 1. The van der Waals surface area contributed by atoms with E-state index in [1.165, 1.54) is 31.2 Å². The maximum Gasteiger partial charge on any atom is 0.422 e. The second kappa shape index (κ2) is 8.37. The minimum absolute atomic E-state index is 0.0973. The molecule has 0 saturated carbocycles. The molecule has 0 heterocycles. The van der Waals surface area contributed by atoms with Crippen LogP contribution in [0.1, 0.15) is 38.8 Å². The molecule has 1 aromatic carbocycles. The van der Waals surface area contributed by atoms with Gasteiger partial charge in [0.25, 0.3) is 0 Å². The fraction of sp³-hybridized carbons (Fsp3) is 0.588. The van der Waals surface area contributed by atoms with Crippen molar-refractivity contribution in [3.05, 3.63) is 29.8 Å². The van der Waals surface area contributed by atoms with E-state index in [0.29, 0.717) is 5.56 Å². The molecule has 0 aromatic heterocycles. The number of rotatable bonds is 7. The van der Waals surface area contributed by atoms with E-state index < -0.39 is 48.8 Å². The second-order valence-electron chi connectivity index (χ2n) is 6.52. The molecule has 1 amide bonds. The molecule has 1 aromatic rings. The molecule has 2 atom stereocenters. The molecular weight excluding hydrogens is 380 g/mol. The van der Waals surface area contributed by atoms with Gasteiger partial charge in [-0.2, -0.15) is 26.3 Å². The highest BCUT2D eigenvalue weighted by atomic mass is 19.4. The molecule has 0 spiro atoms. The molecule has 0 aliphatic carbocycles. The Balaban J connectivity index is 2.81. The largest absolute Gasteiger partial charge is 0.484 e. The van der Waals surface area contributed by atoms with Gasteiger partial charge in [-0.05, 0) is 30.5 Å². The van der Waals surface area contributed by atoms with Crippen molar-refractivity contribution in [3.8, 4) is 5.75 Å². The predicted octanol–water partition coefficient (Wildman–Crippen LogP) is 4.14. The van der Waals surface area contributed by atoms with Crippen molar-refractivity contribution in [3.63, 3.8) is 0 Å². The van der Waals surface area contributed by atoms with E-state index in [0.717, 1.165) is 13.8 Å². The highest BCUT2D eigenvalue weighted by Crippen LogP contribution is 2.39. The first-order valence-corrected chi connectivity index (χ1v) is 8.03. The number of hydrogen-bond acceptors (Lipinski definition) is 3. The van der Waals surface area contributed by atoms with Crippen LogP contribution >= 0.6 is 0 Å². The molecule has 2 N–H and O–H groups in total. The van der Waals surface area contributed by atoms with E-state index in [1.807, 2.05) is 0 Å². The van der Waals surface area contributed by atoms with E-state index in [4.69, 9.17) is 0 Å². The van der Waals surface area contributed by atoms with E-state index in [-0.39, 0.29) is 5.75 Å². The van der Waals surface area contributed by atoms with Crippen LogP contribution in [0.5, 0.6) is 5.75 Å². The van der Waals surface area contributed by atoms with Gasteiger partial charge in [-0.3, -0.25) is 4.79 Å². The van der Waals surface area contributed by atoms with Crippen molar-refractivity contribution < 1.29 is 41.0 Å². The number of carbonyl (C=O) groups is 1. The Kier molecular flexibility index (Phi) is 7.15. The fourth-order valence-electron chi connectivity index (χ4n) is 2.29. The monoisotopic (exact) mass is 401 g/mol. The van der Waals surface area contributed by atoms with Crippen LogP contribution in [0.3, 0.4) is 0 Å². The summed E-state index contributed by atoms with van der Waals surface area (Å²) in [6.45, 7) is 2.24. The smallest absolute Gasteiger partial charge is 0.422 e. The van der Waals surface area contributed by atoms with Crippen molar-refractivity contribution >= 4 is 5.91 Å². The summed E-state index contributed by atoms with van der Waals surface area (Å²) in [5.41, 5.74) is -2.85. The zero-order chi connectivity index (χ0) is 21.0. The SMILES string of the molecule is CC(NC(=O)CC(O)(C(C)C)C(F)(F)F)c1cccc(OCC(F)(F)F)c1. The first-order valence-electron chi connectivity index (χ1n) is 8.03. The van der Waals surface area contributed by atoms with Crippen LogP contribution in [0.2, 0.25) is 0 Å². The van der Waals surface area contributed by atoms with Crippen molar-refractivity contribution in [1.82, 2.24) is 5.32 Å². The molecule has 0 aliphatic heterocycles. The fourth-order valence-corrected chi connectivity index (χ4v) is 2.29. The third-order valence-corrected chi connectivity index (χ3v) is 4.01. The minimum atomic E-state index is -4.99. The molecule has 154 valence electrons. The maximum absolute atomic E-state index is 13.1. The van der Waals surface area contributed by atoms with E-state index in [9.17, 15) is 36.2 Å². The summed E-state index contributed by atoms with van der Waals surface area (Å²) in [6, 6.07) is 4.59. The maximum atomic E-state index is 13.1.